The molecular weight excluding hydrogens is 322 g/mol. The van der Waals surface area contributed by atoms with E-state index in [0.29, 0.717) is 49.9 Å². The second-order valence-electron chi connectivity index (χ2n) is 5.91. The Morgan fingerprint density at radius 3 is 2.64 bits per heavy atom. The van der Waals surface area contributed by atoms with E-state index in [2.05, 4.69) is 4.98 Å². The van der Waals surface area contributed by atoms with Gasteiger partial charge in [0.15, 0.2) is 0 Å². The first-order valence-electron chi connectivity index (χ1n) is 8.18. The Morgan fingerprint density at radius 1 is 1.24 bits per heavy atom. The lowest BCUT2D eigenvalue weighted by molar-refractivity contribution is 0.0891. The smallest absolute Gasteiger partial charge is 0.407 e. The maximum atomic E-state index is 10.9. The van der Waals surface area contributed by atoms with Gasteiger partial charge < -0.3 is 25.2 Å². The molecule has 0 saturated carbocycles. The second kappa shape index (κ2) is 7.74. The average molecular weight is 343 g/mol. The molecule has 0 aliphatic carbocycles. The fourth-order valence-corrected chi connectivity index (χ4v) is 2.70. The molecule has 1 aliphatic rings. The van der Waals surface area contributed by atoms with Gasteiger partial charge in [0.1, 0.15) is 18.5 Å². The van der Waals surface area contributed by atoms with Gasteiger partial charge in [-0.25, -0.2) is 9.78 Å². The average Bonchev–Trinajstić information content (AvgIpc) is 2.63. The molecule has 1 amide bonds. The molecule has 0 bridgehead atoms. The van der Waals surface area contributed by atoms with Crippen molar-refractivity contribution in [3.05, 3.63) is 48.2 Å². The molecule has 0 spiro atoms. The number of hydrogen-bond acceptors (Lipinski definition) is 5. The number of rotatable bonds is 5. The van der Waals surface area contributed by atoms with Gasteiger partial charge in [-0.3, -0.25) is 0 Å². The summed E-state index contributed by atoms with van der Waals surface area (Å²) in [6.07, 6.45) is 2.11. The van der Waals surface area contributed by atoms with E-state index in [9.17, 15) is 4.79 Å². The molecule has 3 rings (SSSR count). The van der Waals surface area contributed by atoms with E-state index in [0.717, 1.165) is 5.56 Å². The van der Waals surface area contributed by atoms with Crippen LogP contribution in [0.5, 0.6) is 11.6 Å². The Kier molecular flexibility index (Phi) is 5.23. The number of carboxylic acid groups (broad SMARTS) is 1. The number of carbonyl (C=O) groups is 1. The lowest BCUT2D eigenvalue weighted by Crippen LogP contribution is -2.41. The van der Waals surface area contributed by atoms with Crippen LogP contribution in [0.3, 0.4) is 0 Å². The highest BCUT2D eigenvalue weighted by Crippen LogP contribution is 2.21. The lowest BCUT2D eigenvalue weighted by Gasteiger charge is -2.30. The van der Waals surface area contributed by atoms with E-state index in [1.54, 1.807) is 18.3 Å². The van der Waals surface area contributed by atoms with E-state index in [1.807, 2.05) is 24.3 Å². The van der Waals surface area contributed by atoms with Crippen molar-refractivity contribution >= 4 is 11.8 Å². The molecule has 0 radical (unpaired) electrons. The molecule has 7 heteroatoms. The van der Waals surface area contributed by atoms with Crippen molar-refractivity contribution in [2.45, 2.75) is 25.6 Å². The van der Waals surface area contributed by atoms with Gasteiger partial charge in [-0.2, -0.15) is 0 Å². The van der Waals surface area contributed by atoms with Crippen molar-refractivity contribution < 1.29 is 19.4 Å². The number of para-hydroxylation sites is 1. The van der Waals surface area contributed by atoms with Gasteiger partial charge >= 0.3 is 6.09 Å². The molecular formula is C18H21N3O4. The summed E-state index contributed by atoms with van der Waals surface area (Å²) >= 11 is 0. The highest BCUT2D eigenvalue weighted by molar-refractivity contribution is 5.65. The number of hydrogen-bond donors (Lipinski definition) is 2. The monoisotopic (exact) mass is 343 g/mol. The minimum Gasteiger partial charge on any atom is -0.489 e. The van der Waals surface area contributed by atoms with Crippen molar-refractivity contribution in [1.29, 1.82) is 0 Å². The number of likely N-dealkylation sites (tertiary alicyclic amines) is 1. The maximum absolute atomic E-state index is 10.9. The SMILES string of the molecule is Nc1ccccc1COc1ccc(OC2CCN(C(=O)O)CC2)cn1. The minimum atomic E-state index is -0.874. The Labute approximate surface area is 146 Å². The van der Waals surface area contributed by atoms with E-state index < -0.39 is 6.09 Å². The summed E-state index contributed by atoms with van der Waals surface area (Å²) in [5.41, 5.74) is 7.48. The van der Waals surface area contributed by atoms with Gasteiger partial charge in [0.05, 0.1) is 6.20 Å². The predicted octanol–water partition coefficient (Wildman–Crippen LogP) is 2.76. The number of aromatic nitrogens is 1. The largest absolute Gasteiger partial charge is 0.489 e. The van der Waals surface area contributed by atoms with Gasteiger partial charge in [0, 0.05) is 43.2 Å². The molecule has 25 heavy (non-hydrogen) atoms. The van der Waals surface area contributed by atoms with Crippen LogP contribution in [-0.2, 0) is 6.61 Å². The highest BCUT2D eigenvalue weighted by atomic mass is 16.5. The quantitative estimate of drug-likeness (QED) is 0.810. The van der Waals surface area contributed by atoms with Gasteiger partial charge in [0.2, 0.25) is 5.88 Å². The highest BCUT2D eigenvalue weighted by Gasteiger charge is 2.23. The van der Waals surface area contributed by atoms with Crippen molar-refractivity contribution in [3.8, 4) is 11.6 Å². The zero-order chi connectivity index (χ0) is 17.6. The number of benzene rings is 1. The van der Waals surface area contributed by atoms with Crippen molar-refractivity contribution in [2.75, 3.05) is 18.8 Å². The van der Waals surface area contributed by atoms with Crippen LogP contribution in [0.15, 0.2) is 42.6 Å². The van der Waals surface area contributed by atoms with Crippen LogP contribution in [-0.4, -0.2) is 40.3 Å². The number of anilines is 1. The lowest BCUT2D eigenvalue weighted by atomic mass is 10.1. The van der Waals surface area contributed by atoms with Gasteiger partial charge in [0.25, 0.3) is 0 Å². The number of ether oxygens (including phenoxy) is 2. The standard InChI is InChI=1S/C18H21N3O4/c19-16-4-2-1-3-13(16)12-24-17-6-5-15(11-20-17)25-14-7-9-21(10-8-14)18(22)23/h1-6,11,14H,7-10,12,19H2,(H,22,23). The molecule has 2 heterocycles. The fourth-order valence-electron chi connectivity index (χ4n) is 2.70. The second-order valence-corrected chi connectivity index (χ2v) is 5.91. The fraction of sp³-hybridized carbons (Fsp3) is 0.333. The van der Waals surface area contributed by atoms with Crippen LogP contribution in [0, 0.1) is 0 Å². The topological polar surface area (TPSA) is 97.9 Å². The summed E-state index contributed by atoms with van der Waals surface area (Å²) in [4.78, 5) is 16.5. The zero-order valence-electron chi connectivity index (χ0n) is 13.8. The van der Waals surface area contributed by atoms with E-state index in [-0.39, 0.29) is 6.10 Å². The number of nitrogens with zero attached hydrogens (tertiary/aromatic N) is 2. The summed E-state index contributed by atoms with van der Waals surface area (Å²) in [5, 5.41) is 8.95. The molecule has 1 aliphatic heterocycles. The van der Waals surface area contributed by atoms with Crippen LogP contribution in [0.4, 0.5) is 10.5 Å². The van der Waals surface area contributed by atoms with Gasteiger partial charge in [-0.15, -0.1) is 0 Å². The summed E-state index contributed by atoms with van der Waals surface area (Å²) < 4.78 is 11.5. The van der Waals surface area contributed by atoms with Crippen LogP contribution >= 0.6 is 0 Å². The molecule has 1 aromatic carbocycles. The summed E-state index contributed by atoms with van der Waals surface area (Å²) in [6.45, 7) is 1.34. The minimum absolute atomic E-state index is 0.00767. The van der Waals surface area contributed by atoms with Crippen molar-refractivity contribution in [2.24, 2.45) is 0 Å². The number of pyridine rings is 1. The normalized spacial score (nSPS) is 15.0. The molecule has 0 unspecified atom stereocenters. The first kappa shape index (κ1) is 16.9. The number of piperidine rings is 1. The molecule has 1 saturated heterocycles. The first-order chi connectivity index (χ1) is 12.1. The molecule has 0 atom stereocenters. The first-order valence-corrected chi connectivity index (χ1v) is 8.18. The third kappa shape index (κ3) is 4.53. The van der Waals surface area contributed by atoms with E-state index in [4.69, 9.17) is 20.3 Å². The number of nitrogen functional groups attached to an aromatic ring is 1. The van der Waals surface area contributed by atoms with Gasteiger partial charge in [-0.05, 0) is 12.1 Å². The van der Waals surface area contributed by atoms with Gasteiger partial charge in [-0.1, -0.05) is 18.2 Å². The Bertz CT molecular complexity index is 713. The van der Waals surface area contributed by atoms with Crippen molar-refractivity contribution in [1.82, 2.24) is 9.88 Å². The third-order valence-electron chi connectivity index (χ3n) is 4.16. The number of nitrogens with two attached hydrogens (primary N) is 1. The van der Waals surface area contributed by atoms with E-state index in [1.165, 1.54) is 4.90 Å². The zero-order valence-corrected chi connectivity index (χ0v) is 13.8. The molecule has 1 fully saturated rings. The molecule has 2 aromatic rings. The Hall–Kier alpha value is -2.96. The summed E-state index contributed by atoms with van der Waals surface area (Å²) in [7, 11) is 0. The molecule has 132 valence electrons. The molecule has 7 nitrogen and oxygen atoms in total. The molecule has 1 aromatic heterocycles. The van der Waals surface area contributed by atoms with Crippen LogP contribution in [0.1, 0.15) is 18.4 Å². The van der Waals surface area contributed by atoms with Crippen LogP contribution in [0.25, 0.3) is 0 Å². The summed E-state index contributed by atoms with van der Waals surface area (Å²) in [6, 6.07) is 11.1. The predicted molar refractivity (Wildman–Crippen MR) is 92.7 cm³/mol. The van der Waals surface area contributed by atoms with Crippen LogP contribution < -0.4 is 15.2 Å². The summed E-state index contributed by atoms with van der Waals surface area (Å²) in [5.74, 6) is 1.15. The maximum Gasteiger partial charge on any atom is 0.407 e. The Balaban J connectivity index is 1.49. The van der Waals surface area contributed by atoms with Crippen molar-refractivity contribution in [3.63, 3.8) is 0 Å². The van der Waals surface area contributed by atoms with E-state index >= 15 is 0 Å². The Morgan fingerprint density at radius 2 is 2.00 bits per heavy atom. The van der Waals surface area contributed by atoms with Crippen LogP contribution in [0.2, 0.25) is 0 Å². The third-order valence-corrected chi connectivity index (χ3v) is 4.16. The molecule has 3 N–H and O–H groups in total. The number of amides is 1.